The third kappa shape index (κ3) is 12.1. The first-order valence-corrected chi connectivity index (χ1v) is 25.5. The Labute approximate surface area is 427 Å². The number of hydrogen-bond acceptors (Lipinski definition) is 14. The molecule has 7 rings (SSSR count). The predicted molar refractivity (Wildman–Crippen MR) is 279 cm³/mol. The van der Waals surface area contributed by atoms with Crippen LogP contribution in [0.15, 0.2) is 114 Å². The first kappa shape index (κ1) is 54.5. The molecule has 1 saturated heterocycles. The maximum absolute atomic E-state index is 13.9. The lowest BCUT2D eigenvalue weighted by Gasteiger charge is -2.41. The van der Waals surface area contributed by atoms with Gasteiger partial charge in [0.25, 0.3) is 20.0 Å². The number of aliphatic hydroxyl groups is 1. The van der Waals surface area contributed by atoms with E-state index in [1.165, 1.54) is 6.33 Å². The van der Waals surface area contributed by atoms with Crippen LogP contribution in [0, 0.1) is 5.92 Å². The molecule has 0 saturated carbocycles. The van der Waals surface area contributed by atoms with Crippen LogP contribution >= 0.6 is 8.53 Å². The maximum Gasteiger partial charge on any atom is 0.280 e. The van der Waals surface area contributed by atoms with Crippen LogP contribution in [0.5, 0.6) is 17.2 Å². The number of nitrogens with one attached hydrogen (secondary N) is 2. The molecule has 4 aromatic carbocycles. The van der Waals surface area contributed by atoms with Crippen molar-refractivity contribution in [2.24, 2.45) is 5.92 Å². The van der Waals surface area contributed by atoms with Crippen molar-refractivity contribution in [3.8, 4) is 17.2 Å². The van der Waals surface area contributed by atoms with Crippen molar-refractivity contribution in [2.75, 3.05) is 46.4 Å². The summed E-state index contributed by atoms with van der Waals surface area (Å²) < 4.78 is 48.0. The smallest absolute Gasteiger partial charge is 0.280 e. The fraction of sp³-hybridized carbons (Fsp3) is 0.426. The highest BCUT2D eigenvalue weighted by Gasteiger charge is 2.54. The van der Waals surface area contributed by atoms with Gasteiger partial charge in [-0.25, -0.2) is 9.65 Å². The largest absolute Gasteiger partial charge is 0.497 e. The van der Waals surface area contributed by atoms with Gasteiger partial charge in [0.2, 0.25) is 17.6 Å². The molecule has 2 aromatic heterocycles. The lowest BCUT2D eigenvalue weighted by Crippen LogP contribution is -2.47. The monoisotopic (exact) mass is 1020 g/mol. The molecule has 1 fully saturated rings. The van der Waals surface area contributed by atoms with E-state index < -0.39 is 43.7 Å². The minimum Gasteiger partial charge on any atom is -0.497 e. The number of anilines is 1. The topological polar surface area (TPSA) is 201 Å². The van der Waals surface area contributed by atoms with E-state index in [1.54, 1.807) is 68.9 Å². The first-order valence-electron chi connectivity index (χ1n) is 24.4. The van der Waals surface area contributed by atoms with Crippen LogP contribution in [0.3, 0.4) is 0 Å². The van der Waals surface area contributed by atoms with E-state index in [1.807, 2.05) is 125 Å². The van der Waals surface area contributed by atoms with Gasteiger partial charge < -0.3 is 38.2 Å². The lowest BCUT2D eigenvalue weighted by atomic mass is 9.80. The van der Waals surface area contributed by atoms with Crippen LogP contribution in [0.4, 0.5) is 5.95 Å². The molecule has 18 nitrogen and oxygen atoms in total. The van der Waals surface area contributed by atoms with Crippen LogP contribution < -0.4 is 25.1 Å². The number of aromatic amines is 1. The van der Waals surface area contributed by atoms with E-state index in [2.05, 4.69) is 20.3 Å². The summed E-state index contributed by atoms with van der Waals surface area (Å²) in [5, 5.41) is 16.1. The number of ether oxygens (including phenoxy) is 5. The quantitative estimate of drug-likeness (QED) is 0.0313. The Kier molecular flexibility index (Phi) is 17.7. The van der Waals surface area contributed by atoms with Crippen molar-refractivity contribution < 1.29 is 47.4 Å². The summed E-state index contributed by atoms with van der Waals surface area (Å²) in [4.78, 5) is 53.5. The Balaban J connectivity index is 1.31. The number of H-pyrrole nitrogens is 1. The summed E-state index contributed by atoms with van der Waals surface area (Å²) in [6, 6.07) is 31.4. The fourth-order valence-electron chi connectivity index (χ4n) is 8.85. The normalized spacial score (nSPS) is 17.5. The van der Waals surface area contributed by atoms with Crippen LogP contribution in [0.1, 0.15) is 95.1 Å². The molecule has 1 aliphatic rings. The summed E-state index contributed by atoms with van der Waals surface area (Å²) in [7, 11) is 2.66. The molecular formula is C54H68N7O11P. The molecule has 0 spiro atoms. The number of carbonyl (C=O) groups is 2. The molecular weight excluding hydrogens is 954 g/mol. The molecule has 2 amide bonds. The van der Waals surface area contributed by atoms with Gasteiger partial charge in [-0.05, 0) is 107 Å². The number of rotatable bonds is 23. The van der Waals surface area contributed by atoms with Gasteiger partial charge in [0.1, 0.15) is 35.2 Å². The number of benzene rings is 4. The molecule has 390 valence electrons. The predicted octanol–water partition coefficient (Wildman–Crippen LogP) is 8.65. The zero-order valence-corrected chi connectivity index (χ0v) is 44.3. The molecule has 1 unspecified atom stereocenters. The number of nitrogens with zero attached hydrogens (tertiary/aromatic N) is 5. The van der Waals surface area contributed by atoms with Gasteiger partial charge in [0, 0.05) is 36.2 Å². The summed E-state index contributed by atoms with van der Waals surface area (Å²) in [6.07, 6.45) is -1.08. The van der Waals surface area contributed by atoms with E-state index in [0.717, 1.165) is 16.7 Å². The number of methoxy groups -OCH3 is 3. The van der Waals surface area contributed by atoms with E-state index in [9.17, 15) is 19.5 Å². The number of fused-ring (bicyclic) bond motifs is 1. The van der Waals surface area contributed by atoms with Crippen LogP contribution in [0.25, 0.3) is 11.2 Å². The van der Waals surface area contributed by atoms with Crippen molar-refractivity contribution in [3.63, 3.8) is 0 Å². The number of imidazole rings is 1. The zero-order chi connectivity index (χ0) is 52.6. The summed E-state index contributed by atoms with van der Waals surface area (Å²) in [6.45, 7) is 15.4. The van der Waals surface area contributed by atoms with Gasteiger partial charge in [0.15, 0.2) is 11.2 Å². The van der Waals surface area contributed by atoms with Crippen molar-refractivity contribution in [3.05, 3.63) is 142 Å². The number of amides is 2. The molecule has 73 heavy (non-hydrogen) atoms. The Hall–Kier alpha value is -6.24. The second kappa shape index (κ2) is 23.7. The molecule has 0 bridgehead atoms. The van der Waals surface area contributed by atoms with Crippen LogP contribution in [-0.4, -0.2) is 117 Å². The number of hydrogen-bond donors (Lipinski definition) is 3. The maximum atomic E-state index is 13.9. The average Bonchev–Trinajstić information content (AvgIpc) is 3.96. The van der Waals surface area contributed by atoms with E-state index in [-0.39, 0.29) is 73.2 Å². The average molecular weight is 1020 g/mol. The summed E-state index contributed by atoms with van der Waals surface area (Å²) >= 11 is 0. The SMILES string of the molecule is COc1ccc(C(=O)N(CCOP(O[C@@]2(O)C[C@H](n3cnc4c(=O)[nH]c(NC(=O)C(C)C)nc43)O[C@@H]2COC(c2ccccc2)(c2ccc(OC)cc2)c2ccc(OC)cc2)N(C(C)C)C(C)C)C(C)C)cc1. The van der Waals surface area contributed by atoms with E-state index in [0.29, 0.717) is 22.8 Å². The van der Waals surface area contributed by atoms with Gasteiger partial charge in [-0.2, -0.15) is 4.98 Å². The van der Waals surface area contributed by atoms with Gasteiger partial charge >= 0.3 is 0 Å². The van der Waals surface area contributed by atoms with Crippen molar-refractivity contribution in [1.82, 2.24) is 29.1 Å². The van der Waals surface area contributed by atoms with E-state index >= 15 is 0 Å². The fourth-order valence-corrected chi connectivity index (χ4v) is 10.6. The molecule has 6 aromatic rings. The molecule has 0 radical (unpaired) electrons. The summed E-state index contributed by atoms with van der Waals surface area (Å²) in [5.74, 6) is -1.22. The highest BCUT2D eigenvalue weighted by molar-refractivity contribution is 7.44. The highest BCUT2D eigenvalue weighted by Crippen LogP contribution is 2.54. The van der Waals surface area contributed by atoms with Gasteiger partial charge in [0.05, 0.1) is 47.3 Å². The van der Waals surface area contributed by atoms with Crippen LogP contribution in [-0.2, 0) is 28.9 Å². The molecule has 0 aliphatic carbocycles. The highest BCUT2D eigenvalue weighted by atomic mass is 31.2. The van der Waals surface area contributed by atoms with Crippen molar-refractivity contribution in [2.45, 2.75) is 104 Å². The van der Waals surface area contributed by atoms with E-state index in [4.69, 9.17) is 32.7 Å². The number of carbonyl (C=O) groups excluding carboxylic acids is 2. The van der Waals surface area contributed by atoms with Gasteiger partial charge in [-0.3, -0.25) is 33.8 Å². The second-order valence-corrected chi connectivity index (χ2v) is 20.3. The van der Waals surface area contributed by atoms with Crippen molar-refractivity contribution in [1.29, 1.82) is 0 Å². The molecule has 3 N–H and O–H groups in total. The Morgan fingerprint density at radius 1 is 0.822 bits per heavy atom. The summed E-state index contributed by atoms with van der Waals surface area (Å²) in [5.41, 5.74) is 0.972. The van der Waals surface area contributed by atoms with Gasteiger partial charge in [-0.15, -0.1) is 0 Å². The second-order valence-electron chi connectivity index (χ2n) is 18.9. The van der Waals surface area contributed by atoms with Crippen LogP contribution in [0.2, 0.25) is 0 Å². The Morgan fingerprint density at radius 2 is 1.37 bits per heavy atom. The molecule has 3 heterocycles. The molecule has 19 heteroatoms. The molecule has 1 aliphatic heterocycles. The minimum atomic E-state index is -2.15. The van der Waals surface area contributed by atoms with Crippen molar-refractivity contribution >= 4 is 37.5 Å². The Bertz CT molecular complexity index is 2770. The zero-order valence-electron chi connectivity index (χ0n) is 43.4. The molecule has 4 atom stereocenters. The lowest BCUT2D eigenvalue weighted by molar-refractivity contribution is -0.201. The minimum absolute atomic E-state index is 0.00678. The van der Waals surface area contributed by atoms with Gasteiger partial charge in [-0.1, -0.05) is 68.4 Å². The first-order chi connectivity index (χ1) is 34.9. The Morgan fingerprint density at radius 3 is 1.89 bits per heavy atom. The number of aromatic nitrogens is 4. The third-order valence-corrected chi connectivity index (χ3v) is 14.8. The standard InChI is InChI=1S/C54H68N7O11P/c1-34(2)49(62)57-52-56-48-47(50(63)58-52)55-33-60(48)46-31-53(65,72-73(61(36(5)6)37(7)8)70-30-29-59(35(3)4)51(64)38-17-23-42(66-9)24-18-38)45(71-46)32-69-54(39-15-13-12-14-16-39,40-19-25-43(67-10)26-20-40)41-21-27-44(68-11)28-22-41/h12-28,33-37,45-46,65H,29-32H2,1-11H3,(H2,56,57,58,62,63)/t45-,46-,53+,73?/m1/s1. The third-order valence-electron chi connectivity index (χ3n) is 12.7.